The minimum atomic E-state index is -0.383. The van der Waals surface area contributed by atoms with Gasteiger partial charge in [0.25, 0.3) is 0 Å². The number of pyridine rings is 1. The number of rotatable bonds is 6. The second-order valence-electron chi connectivity index (χ2n) is 5.86. The van der Waals surface area contributed by atoms with E-state index < -0.39 is 0 Å². The standard InChI is InChI=1S/C16H25NO2/c1-5-13(14-9-11-17-12-10-14)7-6-8-15(18)19-16(2,3)4/h9-13H,5-8H2,1-4H3. The second-order valence-corrected chi connectivity index (χ2v) is 5.86. The molecule has 0 fully saturated rings. The Morgan fingerprint density at radius 3 is 2.47 bits per heavy atom. The van der Waals surface area contributed by atoms with Gasteiger partial charge in [-0.05, 0) is 63.6 Å². The predicted octanol–water partition coefficient (Wildman–Crippen LogP) is 4.09. The van der Waals surface area contributed by atoms with Crippen LogP contribution in [0.2, 0.25) is 0 Å². The minimum Gasteiger partial charge on any atom is -0.460 e. The summed E-state index contributed by atoms with van der Waals surface area (Å²) in [6.07, 6.45) is 7.12. The summed E-state index contributed by atoms with van der Waals surface area (Å²) in [4.78, 5) is 15.7. The molecule has 3 nitrogen and oxygen atoms in total. The second kappa shape index (κ2) is 7.27. The number of esters is 1. The number of ether oxygens (including phenoxy) is 1. The maximum Gasteiger partial charge on any atom is 0.306 e. The van der Waals surface area contributed by atoms with Crippen molar-refractivity contribution in [1.29, 1.82) is 0 Å². The lowest BCUT2D eigenvalue weighted by Gasteiger charge is -2.20. The first-order chi connectivity index (χ1) is 8.92. The number of nitrogens with zero attached hydrogens (tertiary/aromatic N) is 1. The SMILES string of the molecule is CCC(CCCC(=O)OC(C)(C)C)c1ccncc1. The van der Waals surface area contributed by atoms with Gasteiger partial charge in [-0.2, -0.15) is 0 Å². The van der Waals surface area contributed by atoms with E-state index in [1.54, 1.807) is 0 Å². The molecular weight excluding hydrogens is 238 g/mol. The summed E-state index contributed by atoms with van der Waals surface area (Å²) in [6.45, 7) is 7.88. The quantitative estimate of drug-likeness (QED) is 0.726. The molecule has 3 heteroatoms. The fraction of sp³-hybridized carbons (Fsp3) is 0.625. The summed E-state index contributed by atoms with van der Waals surface area (Å²) < 4.78 is 5.31. The fourth-order valence-corrected chi connectivity index (χ4v) is 2.13. The van der Waals surface area contributed by atoms with Crippen molar-refractivity contribution >= 4 is 5.97 Å². The lowest BCUT2D eigenvalue weighted by molar-refractivity contribution is -0.154. The highest BCUT2D eigenvalue weighted by Crippen LogP contribution is 2.25. The number of aromatic nitrogens is 1. The van der Waals surface area contributed by atoms with E-state index in [-0.39, 0.29) is 11.6 Å². The molecule has 1 unspecified atom stereocenters. The van der Waals surface area contributed by atoms with Gasteiger partial charge in [-0.25, -0.2) is 0 Å². The summed E-state index contributed by atoms with van der Waals surface area (Å²) in [5.41, 5.74) is 0.925. The molecule has 0 aliphatic rings. The number of carbonyl (C=O) groups excluding carboxylic acids is 1. The van der Waals surface area contributed by atoms with Crippen LogP contribution in [0.1, 0.15) is 64.9 Å². The lowest BCUT2D eigenvalue weighted by atomic mass is 9.92. The van der Waals surface area contributed by atoms with Crippen molar-refractivity contribution in [3.63, 3.8) is 0 Å². The van der Waals surface area contributed by atoms with Gasteiger partial charge in [-0.1, -0.05) is 6.92 Å². The molecule has 1 heterocycles. The smallest absolute Gasteiger partial charge is 0.306 e. The first-order valence-corrected chi connectivity index (χ1v) is 7.04. The maximum absolute atomic E-state index is 11.6. The summed E-state index contributed by atoms with van der Waals surface area (Å²) in [5.74, 6) is 0.405. The Morgan fingerprint density at radius 2 is 1.95 bits per heavy atom. The van der Waals surface area contributed by atoms with E-state index in [2.05, 4.69) is 24.0 Å². The summed E-state index contributed by atoms with van der Waals surface area (Å²) in [5, 5.41) is 0. The molecule has 0 N–H and O–H groups in total. The van der Waals surface area contributed by atoms with Crippen molar-refractivity contribution in [1.82, 2.24) is 4.98 Å². The van der Waals surface area contributed by atoms with Crippen molar-refractivity contribution in [2.45, 2.75) is 64.9 Å². The molecule has 19 heavy (non-hydrogen) atoms. The van der Waals surface area contributed by atoms with Gasteiger partial charge in [0.1, 0.15) is 5.60 Å². The van der Waals surface area contributed by atoms with Gasteiger partial charge < -0.3 is 4.74 Å². The molecule has 0 saturated heterocycles. The van der Waals surface area contributed by atoms with Crippen molar-refractivity contribution in [3.8, 4) is 0 Å². The molecule has 0 aliphatic carbocycles. The Morgan fingerprint density at radius 1 is 1.32 bits per heavy atom. The van der Waals surface area contributed by atoms with Crippen molar-refractivity contribution in [3.05, 3.63) is 30.1 Å². The molecule has 0 aliphatic heterocycles. The molecule has 106 valence electrons. The van der Waals surface area contributed by atoms with Gasteiger partial charge in [-0.3, -0.25) is 9.78 Å². The summed E-state index contributed by atoms with van der Waals surface area (Å²) >= 11 is 0. The lowest BCUT2D eigenvalue weighted by Crippen LogP contribution is -2.23. The molecule has 1 atom stereocenters. The van der Waals surface area contributed by atoms with Crippen molar-refractivity contribution in [2.75, 3.05) is 0 Å². The Labute approximate surface area is 116 Å². The molecule has 1 aromatic heterocycles. The Hall–Kier alpha value is -1.38. The molecule has 0 radical (unpaired) electrons. The molecular formula is C16H25NO2. The Bertz CT molecular complexity index is 381. The van der Waals surface area contributed by atoms with Crippen LogP contribution in [0, 0.1) is 0 Å². The molecule has 0 bridgehead atoms. The first-order valence-electron chi connectivity index (χ1n) is 7.04. The van der Waals surface area contributed by atoms with Gasteiger partial charge in [0.15, 0.2) is 0 Å². The van der Waals surface area contributed by atoms with E-state index >= 15 is 0 Å². The van der Waals surface area contributed by atoms with Crippen molar-refractivity contribution in [2.24, 2.45) is 0 Å². The predicted molar refractivity (Wildman–Crippen MR) is 77.0 cm³/mol. The zero-order valence-electron chi connectivity index (χ0n) is 12.5. The number of hydrogen-bond donors (Lipinski definition) is 0. The Kier molecular flexibility index (Phi) is 6.00. The van der Waals surface area contributed by atoms with Crippen LogP contribution in [0.3, 0.4) is 0 Å². The highest BCUT2D eigenvalue weighted by atomic mass is 16.6. The molecule has 0 amide bonds. The van der Waals surface area contributed by atoms with Gasteiger partial charge >= 0.3 is 5.97 Å². The van der Waals surface area contributed by atoms with Gasteiger partial charge in [0.2, 0.25) is 0 Å². The molecule has 1 rings (SSSR count). The van der Waals surface area contributed by atoms with Gasteiger partial charge in [-0.15, -0.1) is 0 Å². The van der Waals surface area contributed by atoms with E-state index in [4.69, 9.17) is 4.74 Å². The summed E-state index contributed by atoms with van der Waals surface area (Å²) in [6, 6.07) is 4.11. The van der Waals surface area contributed by atoms with Crippen LogP contribution in [-0.4, -0.2) is 16.6 Å². The zero-order chi connectivity index (χ0) is 14.3. The monoisotopic (exact) mass is 263 g/mol. The van der Waals surface area contributed by atoms with E-state index in [9.17, 15) is 4.79 Å². The minimum absolute atomic E-state index is 0.0999. The molecule has 0 aromatic carbocycles. The zero-order valence-corrected chi connectivity index (χ0v) is 12.5. The van der Waals surface area contributed by atoms with Crippen LogP contribution in [0.5, 0.6) is 0 Å². The topological polar surface area (TPSA) is 39.2 Å². The highest BCUT2D eigenvalue weighted by Gasteiger charge is 2.16. The van der Waals surface area contributed by atoms with Crippen molar-refractivity contribution < 1.29 is 9.53 Å². The van der Waals surface area contributed by atoms with Gasteiger partial charge in [0.05, 0.1) is 0 Å². The van der Waals surface area contributed by atoms with Crippen LogP contribution in [0.25, 0.3) is 0 Å². The maximum atomic E-state index is 11.6. The van der Waals surface area contributed by atoms with Crippen LogP contribution in [-0.2, 0) is 9.53 Å². The third kappa shape index (κ3) is 6.37. The average molecular weight is 263 g/mol. The van der Waals surface area contributed by atoms with Crippen LogP contribution < -0.4 is 0 Å². The number of carbonyl (C=O) groups is 1. The fourth-order valence-electron chi connectivity index (χ4n) is 2.13. The van der Waals surface area contributed by atoms with E-state index in [0.29, 0.717) is 12.3 Å². The van der Waals surface area contributed by atoms with Crippen LogP contribution in [0.4, 0.5) is 0 Å². The molecule has 0 spiro atoms. The van der Waals surface area contributed by atoms with E-state index in [1.165, 1.54) is 5.56 Å². The third-order valence-electron chi connectivity index (χ3n) is 3.02. The Balaban J connectivity index is 2.37. The average Bonchev–Trinajstić information content (AvgIpc) is 2.33. The number of hydrogen-bond acceptors (Lipinski definition) is 3. The molecule has 1 aromatic rings. The molecule has 0 saturated carbocycles. The largest absolute Gasteiger partial charge is 0.460 e. The highest BCUT2D eigenvalue weighted by molar-refractivity contribution is 5.69. The normalized spacial score (nSPS) is 13.1. The van der Waals surface area contributed by atoms with E-state index in [0.717, 1.165) is 19.3 Å². The first kappa shape index (κ1) is 15.7. The third-order valence-corrected chi connectivity index (χ3v) is 3.02. The van der Waals surface area contributed by atoms with Crippen LogP contribution >= 0.6 is 0 Å². The summed E-state index contributed by atoms with van der Waals surface area (Å²) in [7, 11) is 0. The van der Waals surface area contributed by atoms with Gasteiger partial charge in [0, 0.05) is 18.8 Å². The van der Waals surface area contributed by atoms with Crippen LogP contribution in [0.15, 0.2) is 24.5 Å². The van der Waals surface area contributed by atoms with E-state index in [1.807, 2.05) is 33.2 Å².